The summed E-state index contributed by atoms with van der Waals surface area (Å²) in [6.45, 7) is 0. The van der Waals surface area contributed by atoms with Crippen LogP contribution in [0.1, 0.15) is 15.2 Å². The lowest BCUT2D eigenvalue weighted by Crippen LogP contribution is -2.01. The lowest BCUT2D eigenvalue weighted by Gasteiger charge is -2.02. The Kier molecular flexibility index (Phi) is 3.47. The van der Waals surface area contributed by atoms with E-state index in [1.54, 1.807) is 12.1 Å². The minimum absolute atomic E-state index is 0.123. The highest BCUT2D eigenvalue weighted by Crippen LogP contribution is 2.30. The number of carbonyl (C=O) groups excluding carboxylic acids is 1. The van der Waals surface area contributed by atoms with Gasteiger partial charge in [-0.05, 0) is 35.7 Å². The Labute approximate surface area is 126 Å². The van der Waals surface area contributed by atoms with Crippen LogP contribution < -0.4 is 0 Å². The molecule has 0 radical (unpaired) electrons. The van der Waals surface area contributed by atoms with E-state index in [4.69, 9.17) is 11.6 Å². The van der Waals surface area contributed by atoms with Crippen LogP contribution >= 0.6 is 22.9 Å². The molecule has 3 aromatic rings. The van der Waals surface area contributed by atoms with E-state index in [1.807, 2.05) is 0 Å². The molecule has 0 bridgehead atoms. The summed E-state index contributed by atoms with van der Waals surface area (Å²) in [5.74, 6) is -3.19. The van der Waals surface area contributed by atoms with E-state index in [0.29, 0.717) is 10.1 Å². The van der Waals surface area contributed by atoms with Crippen molar-refractivity contribution in [3.8, 4) is 0 Å². The van der Waals surface area contributed by atoms with E-state index < -0.39 is 23.2 Å². The molecule has 0 fully saturated rings. The highest BCUT2D eigenvalue weighted by molar-refractivity contribution is 7.21. The van der Waals surface area contributed by atoms with Gasteiger partial charge in [-0.1, -0.05) is 17.7 Å². The summed E-state index contributed by atoms with van der Waals surface area (Å²) < 4.78 is 40.0. The SMILES string of the molecule is O=C(c1cc2ccc(F)cc2s1)c1cc(F)c(F)cc1Cl. The van der Waals surface area contributed by atoms with Gasteiger partial charge >= 0.3 is 0 Å². The minimum atomic E-state index is -1.14. The molecular formula is C15H6ClF3OS. The molecule has 1 aromatic heterocycles. The highest BCUT2D eigenvalue weighted by atomic mass is 35.5. The summed E-state index contributed by atoms with van der Waals surface area (Å²) in [5, 5.41) is 0.533. The van der Waals surface area contributed by atoms with Crippen molar-refractivity contribution >= 4 is 38.8 Å². The van der Waals surface area contributed by atoms with E-state index in [-0.39, 0.29) is 15.5 Å². The Morgan fingerprint density at radius 1 is 1.00 bits per heavy atom. The van der Waals surface area contributed by atoms with Crippen LogP contribution in [0.2, 0.25) is 5.02 Å². The third-order valence-corrected chi connectivity index (χ3v) is 4.37. The maximum Gasteiger partial charge on any atom is 0.204 e. The van der Waals surface area contributed by atoms with Gasteiger partial charge in [-0.25, -0.2) is 13.2 Å². The Hall–Kier alpha value is -1.85. The second kappa shape index (κ2) is 5.16. The number of benzene rings is 2. The van der Waals surface area contributed by atoms with Crippen molar-refractivity contribution in [2.75, 3.05) is 0 Å². The molecule has 0 unspecified atom stereocenters. The van der Waals surface area contributed by atoms with Crippen LogP contribution in [0.5, 0.6) is 0 Å². The second-order valence-electron chi connectivity index (χ2n) is 4.37. The van der Waals surface area contributed by atoms with Gasteiger partial charge in [0, 0.05) is 10.3 Å². The average molecular weight is 327 g/mol. The van der Waals surface area contributed by atoms with Crippen molar-refractivity contribution in [3.05, 3.63) is 69.3 Å². The van der Waals surface area contributed by atoms with Gasteiger partial charge < -0.3 is 0 Å². The second-order valence-corrected chi connectivity index (χ2v) is 5.86. The lowest BCUT2D eigenvalue weighted by atomic mass is 10.1. The van der Waals surface area contributed by atoms with Gasteiger partial charge in [0.1, 0.15) is 5.82 Å². The normalized spacial score (nSPS) is 11.0. The maximum atomic E-state index is 13.3. The Bertz CT molecular complexity index is 873. The fourth-order valence-electron chi connectivity index (χ4n) is 1.95. The van der Waals surface area contributed by atoms with E-state index in [0.717, 1.165) is 23.5 Å². The first-order valence-electron chi connectivity index (χ1n) is 5.84. The summed E-state index contributed by atoms with van der Waals surface area (Å²) in [7, 11) is 0. The number of thiophene rings is 1. The van der Waals surface area contributed by atoms with Gasteiger partial charge in [-0.15, -0.1) is 11.3 Å². The first-order valence-corrected chi connectivity index (χ1v) is 7.03. The molecule has 0 spiro atoms. The zero-order valence-corrected chi connectivity index (χ0v) is 11.9. The van der Waals surface area contributed by atoms with Crippen molar-refractivity contribution in [2.45, 2.75) is 0 Å². The third-order valence-electron chi connectivity index (χ3n) is 2.96. The quantitative estimate of drug-likeness (QED) is 0.467. The molecule has 0 aliphatic heterocycles. The predicted octanol–water partition coefficient (Wildman–Crippen LogP) is 5.20. The molecule has 0 atom stereocenters. The van der Waals surface area contributed by atoms with E-state index in [1.165, 1.54) is 12.1 Å². The molecule has 106 valence electrons. The Balaban J connectivity index is 2.10. The topological polar surface area (TPSA) is 17.1 Å². The number of hydrogen-bond acceptors (Lipinski definition) is 2. The molecule has 3 rings (SSSR count). The lowest BCUT2D eigenvalue weighted by molar-refractivity contribution is 0.104. The number of hydrogen-bond donors (Lipinski definition) is 0. The monoisotopic (exact) mass is 326 g/mol. The van der Waals surface area contributed by atoms with Crippen molar-refractivity contribution in [2.24, 2.45) is 0 Å². The summed E-state index contributed by atoms with van der Waals surface area (Å²) in [6.07, 6.45) is 0. The predicted molar refractivity (Wildman–Crippen MR) is 76.6 cm³/mol. The van der Waals surface area contributed by atoms with Gasteiger partial charge in [0.15, 0.2) is 11.6 Å². The molecular weight excluding hydrogens is 321 g/mol. The molecule has 0 aliphatic rings. The van der Waals surface area contributed by atoms with Gasteiger partial charge in [0.2, 0.25) is 5.78 Å². The summed E-state index contributed by atoms with van der Waals surface area (Å²) >= 11 is 6.86. The molecule has 0 aliphatic carbocycles. The van der Waals surface area contributed by atoms with Gasteiger partial charge in [-0.2, -0.15) is 0 Å². The van der Waals surface area contributed by atoms with E-state index in [2.05, 4.69) is 0 Å². The van der Waals surface area contributed by atoms with Crippen LogP contribution in [0.25, 0.3) is 10.1 Å². The number of carbonyl (C=O) groups is 1. The summed E-state index contributed by atoms with van der Waals surface area (Å²) in [4.78, 5) is 12.6. The van der Waals surface area contributed by atoms with E-state index >= 15 is 0 Å². The van der Waals surface area contributed by atoms with Crippen molar-refractivity contribution < 1.29 is 18.0 Å². The molecule has 0 saturated carbocycles. The molecule has 2 aromatic carbocycles. The molecule has 6 heteroatoms. The van der Waals surface area contributed by atoms with Gasteiger partial charge in [-0.3, -0.25) is 4.79 Å². The van der Waals surface area contributed by atoms with Crippen molar-refractivity contribution in [1.82, 2.24) is 0 Å². The van der Waals surface area contributed by atoms with Crippen LogP contribution in [-0.4, -0.2) is 5.78 Å². The van der Waals surface area contributed by atoms with Crippen LogP contribution in [0.4, 0.5) is 13.2 Å². The zero-order valence-electron chi connectivity index (χ0n) is 10.3. The molecule has 0 N–H and O–H groups in total. The number of rotatable bonds is 2. The largest absolute Gasteiger partial charge is 0.288 e. The fraction of sp³-hybridized carbons (Fsp3) is 0. The first-order chi connectivity index (χ1) is 9.95. The zero-order chi connectivity index (χ0) is 15.1. The van der Waals surface area contributed by atoms with Crippen molar-refractivity contribution in [3.63, 3.8) is 0 Å². The molecule has 0 amide bonds. The van der Waals surface area contributed by atoms with Crippen LogP contribution in [0.15, 0.2) is 36.4 Å². The smallest absolute Gasteiger partial charge is 0.204 e. The molecule has 1 nitrogen and oxygen atoms in total. The number of halogens is 4. The van der Waals surface area contributed by atoms with Gasteiger partial charge in [0.25, 0.3) is 0 Å². The minimum Gasteiger partial charge on any atom is -0.288 e. The highest BCUT2D eigenvalue weighted by Gasteiger charge is 2.18. The molecule has 21 heavy (non-hydrogen) atoms. The molecule has 1 heterocycles. The molecule has 0 saturated heterocycles. The fourth-order valence-corrected chi connectivity index (χ4v) is 3.22. The average Bonchev–Trinajstić information content (AvgIpc) is 2.85. The summed E-state index contributed by atoms with van der Waals surface area (Å²) in [5.41, 5.74) is -0.123. The number of ketones is 1. The van der Waals surface area contributed by atoms with Gasteiger partial charge in [0.05, 0.1) is 9.90 Å². The van der Waals surface area contributed by atoms with E-state index in [9.17, 15) is 18.0 Å². The standard InChI is InChI=1S/C15H6ClF3OS/c16-10-6-12(19)11(18)5-9(10)15(20)14-3-7-1-2-8(17)4-13(7)21-14/h1-6H. The maximum absolute atomic E-state index is 13.3. The van der Waals surface area contributed by atoms with Crippen molar-refractivity contribution in [1.29, 1.82) is 0 Å². The Morgan fingerprint density at radius 2 is 1.71 bits per heavy atom. The first kappa shape index (κ1) is 14.1. The van der Waals surface area contributed by atoms with Crippen LogP contribution in [-0.2, 0) is 0 Å². The third kappa shape index (κ3) is 2.54. The Morgan fingerprint density at radius 3 is 2.48 bits per heavy atom. The van der Waals surface area contributed by atoms with Crippen LogP contribution in [0.3, 0.4) is 0 Å². The number of fused-ring (bicyclic) bond motifs is 1. The van der Waals surface area contributed by atoms with Crippen LogP contribution in [0, 0.1) is 17.5 Å². The summed E-state index contributed by atoms with van der Waals surface area (Å²) in [6, 6.07) is 7.24.